The van der Waals surface area contributed by atoms with Gasteiger partial charge in [0, 0.05) is 16.9 Å². The number of benzene rings is 1. The van der Waals surface area contributed by atoms with Gasteiger partial charge in [-0.05, 0) is 19.1 Å². The molecule has 0 saturated carbocycles. The lowest BCUT2D eigenvalue weighted by molar-refractivity contribution is 0.277. The quantitative estimate of drug-likeness (QED) is 0.770. The largest absolute Gasteiger partial charge is 0.392 e. The van der Waals surface area contributed by atoms with E-state index in [2.05, 4.69) is 14.9 Å². The maximum atomic E-state index is 12.1. The van der Waals surface area contributed by atoms with E-state index in [9.17, 15) is 8.42 Å². The first-order chi connectivity index (χ1) is 8.54. The van der Waals surface area contributed by atoms with E-state index in [4.69, 9.17) is 5.11 Å². The van der Waals surface area contributed by atoms with Crippen LogP contribution in [-0.4, -0.2) is 23.7 Å². The smallest absolute Gasteiger partial charge is 0.281 e. The van der Waals surface area contributed by atoms with Crippen LogP contribution in [0.4, 0.5) is 5.69 Å². The second-order valence-corrected chi connectivity index (χ2v) is 5.36. The van der Waals surface area contributed by atoms with Crippen molar-refractivity contribution in [1.82, 2.24) is 10.2 Å². The van der Waals surface area contributed by atoms with E-state index < -0.39 is 10.0 Å². The van der Waals surface area contributed by atoms with E-state index in [1.807, 2.05) is 0 Å². The fourth-order valence-corrected chi connectivity index (χ4v) is 2.80. The van der Waals surface area contributed by atoms with E-state index in [-0.39, 0.29) is 17.2 Å². The Balaban J connectivity index is 2.37. The summed E-state index contributed by atoms with van der Waals surface area (Å²) < 4.78 is 26.6. The van der Waals surface area contributed by atoms with Gasteiger partial charge in [-0.1, -0.05) is 18.2 Å². The van der Waals surface area contributed by atoms with Gasteiger partial charge in [0.05, 0.1) is 6.61 Å². The number of aliphatic hydroxyl groups is 1. The fraction of sp³-hybridized carbons (Fsp3) is 0.182. The highest BCUT2D eigenvalue weighted by molar-refractivity contribution is 7.92. The lowest BCUT2D eigenvalue weighted by Crippen LogP contribution is -2.15. The van der Waals surface area contributed by atoms with Crippen molar-refractivity contribution in [3.05, 3.63) is 41.6 Å². The zero-order chi connectivity index (χ0) is 13.2. The SMILES string of the molecule is Cc1[nH]nc(S(=O)(=O)Nc2ccccc2)c1CO. The Morgan fingerprint density at radius 3 is 2.61 bits per heavy atom. The molecule has 0 aliphatic carbocycles. The highest BCUT2D eigenvalue weighted by Crippen LogP contribution is 2.19. The van der Waals surface area contributed by atoms with E-state index in [1.54, 1.807) is 37.3 Å². The van der Waals surface area contributed by atoms with Crippen molar-refractivity contribution in [2.45, 2.75) is 18.6 Å². The molecule has 0 fully saturated rings. The fourth-order valence-electron chi connectivity index (χ4n) is 1.55. The van der Waals surface area contributed by atoms with E-state index in [0.29, 0.717) is 11.4 Å². The van der Waals surface area contributed by atoms with Gasteiger partial charge in [-0.3, -0.25) is 9.82 Å². The number of sulfonamides is 1. The first-order valence-electron chi connectivity index (χ1n) is 5.27. The van der Waals surface area contributed by atoms with Crippen LogP contribution in [0.5, 0.6) is 0 Å². The number of aliphatic hydroxyl groups excluding tert-OH is 1. The van der Waals surface area contributed by atoms with E-state index in [0.717, 1.165) is 0 Å². The highest BCUT2D eigenvalue weighted by Gasteiger charge is 2.23. The summed E-state index contributed by atoms with van der Waals surface area (Å²) in [6, 6.07) is 8.50. The van der Waals surface area contributed by atoms with Crippen molar-refractivity contribution in [2.24, 2.45) is 0 Å². The third kappa shape index (κ3) is 2.36. The van der Waals surface area contributed by atoms with Crippen LogP contribution in [-0.2, 0) is 16.6 Å². The molecule has 2 aromatic rings. The zero-order valence-electron chi connectivity index (χ0n) is 9.71. The third-order valence-corrected chi connectivity index (χ3v) is 3.83. The number of H-pyrrole nitrogens is 1. The van der Waals surface area contributed by atoms with Gasteiger partial charge in [0.15, 0.2) is 0 Å². The molecule has 18 heavy (non-hydrogen) atoms. The average molecular weight is 267 g/mol. The molecule has 96 valence electrons. The Labute approximate surface area is 105 Å². The molecule has 0 aliphatic rings. The van der Waals surface area contributed by atoms with Crippen molar-refractivity contribution in [3.8, 4) is 0 Å². The minimum Gasteiger partial charge on any atom is -0.392 e. The summed E-state index contributed by atoms with van der Waals surface area (Å²) in [5, 5.41) is 15.3. The van der Waals surface area contributed by atoms with Crippen LogP contribution in [0.1, 0.15) is 11.3 Å². The monoisotopic (exact) mass is 267 g/mol. The molecule has 1 aromatic heterocycles. The van der Waals surface area contributed by atoms with E-state index in [1.165, 1.54) is 0 Å². The summed E-state index contributed by atoms with van der Waals surface area (Å²) in [6.45, 7) is 1.27. The maximum absolute atomic E-state index is 12.1. The summed E-state index contributed by atoms with van der Waals surface area (Å²) in [6.07, 6.45) is 0. The second-order valence-electron chi connectivity index (χ2n) is 3.76. The van der Waals surface area contributed by atoms with Crippen LogP contribution in [0.25, 0.3) is 0 Å². The summed E-state index contributed by atoms with van der Waals surface area (Å²) in [5.74, 6) is 0. The normalized spacial score (nSPS) is 11.4. The van der Waals surface area contributed by atoms with Gasteiger partial charge in [-0.25, -0.2) is 0 Å². The number of aryl methyl sites for hydroxylation is 1. The Kier molecular flexibility index (Phi) is 3.35. The van der Waals surface area contributed by atoms with Crippen LogP contribution in [0.15, 0.2) is 35.4 Å². The minimum absolute atomic E-state index is 0.175. The number of anilines is 1. The molecule has 0 spiro atoms. The molecule has 0 aliphatic heterocycles. The average Bonchev–Trinajstić information content (AvgIpc) is 2.72. The van der Waals surface area contributed by atoms with Gasteiger partial charge in [0.25, 0.3) is 10.0 Å². The second kappa shape index (κ2) is 4.79. The number of nitrogens with one attached hydrogen (secondary N) is 2. The van der Waals surface area contributed by atoms with Crippen LogP contribution < -0.4 is 4.72 Å². The number of hydrogen-bond donors (Lipinski definition) is 3. The van der Waals surface area contributed by atoms with Gasteiger partial charge in [-0.15, -0.1) is 0 Å². The first-order valence-corrected chi connectivity index (χ1v) is 6.75. The molecule has 3 N–H and O–H groups in total. The molecule has 1 heterocycles. The third-order valence-electron chi connectivity index (χ3n) is 2.47. The number of para-hydroxylation sites is 1. The topological polar surface area (TPSA) is 95.1 Å². The van der Waals surface area contributed by atoms with Crippen LogP contribution in [0.3, 0.4) is 0 Å². The van der Waals surface area contributed by atoms with Gasteiger partial charge >= 0.3 is 0 Å². The Morgan fingerprint density at radius 1 is 1.33 bits per heavy atom. The summed E-state index contributed by atoms with van der Waals surface area (Å²) in [7, 11) is -3.79. The van der Waals surface area contributed by atoms with Crippen molar-refractivity contribution in [3.63, 3.8) is 0 Å². The first kappa shape index (κ1) is 12.6. The number of hydrogen-bond acceptors (Lipinski definition) is 4. The van der Waals surface area contributed by atoms with Gasteiger partial charge in [-0.2, -0.15) is 13.5 Å². The van der Waals surface area contributed by atoms with Crippen molar-refractivity contribution in [2.75, 3.05) is 4.72 Å². The molecule has 0 amide bonds. The van der Waals surface area contributed by atoms with E-state index >= 15 is 0 Å². The number of rotatable bonds is 4. The molecule has 0 atom stereocenters. The lowest BCUT2D eigenvalue weighted by Gasteiger charge is -2.06. The summed E-state index contributed by atoms with van der Waals surface area (Å²) in [4.78, 5) is 0. The highest BCUT2D eigenvalue weighted by atomic mass is 32.2. The van der Waals surface area contributed by atoms with Crippen LogP contribution in [0.2, 0.25) is 0 Å². The molecular weight excluding hydrogens is 254 g/mol. The molecule has 7 heteroatoms. The standard InChI is InChI=1S/C11H13N3O3S/c1-8-10(7-15)11(13-12-8)18(16,17)14-9-5-3-2-4-6-9/h2-6,14-15H,7H2,1H3,(H,12,13). The molecule has 2 rings (SSSR count). The van der Waals surface area contributed by atoms with Gasteiger partial charge < -0.3 is 5.11 Å². The molecule has 0 radical (unpaired) electrons. The molecule has 0 saturated heterocycles. The minimum atomic E-state index is -3.79. The Hall–Kier alpha value is -1.86. The number of aromatic nitrogens is 2. The predicted octanol–water partition coefficient (Wildman–Crippen LogP) is 1.01. The summed E-state index contributed by atoms with van der Waals surface area (Å²) in [5.41, 5.74) is 1.26. The molecule has 0 unspecified atom stereocenters. The number of aromatic amines is 1. The predicted molar refractivity (Wildman–Crippen MR) is 66.5 cm³/mol. The lowest BCUT2D eigenvalue weighted by atomic mass is 10.3. The maximum Gasteiger partial charge on any atom is 0.281 e. The Morgan fingerprint density at radius 2 is 2.00 bits per heavy atom. The molecule has 0 bridgehead atoms. The van der Waals surface area contributed by atoms with Crippen LogP contribution >= 0.6 is 0 Å². The molecule has 1 aromatic carbocycles. The van der Waals surface area contributed by atoms with Gasteiger partial charge in [0.1, 0.15) is 0 Å². The molecule has 6 nitrogen and oxygen atoms in total. The van der Waals surface area contributed by atoms with Crippen molar-refractivity contribution < 1.29 is 13.5 Å². The Bertz CT molecular complexity index is 635. The molecular formula is C11H13N3O3S. The van der Waals surface area contributed by atoms with Crippen molar-refractivity contribution >= 4 is 15.7 Å². The van der Waals surface area contributed by atoms with Crippen LogP contribution in [0, 0.1) is 6.92 Å². The number of nitrogens with zero attached hydrogens (tertiary/aromatic N) is 1. The van der Waals surface area contributed by atoms with Gasteiger partial charge in [0.2, 0.25) is 5.03 Å². The van der Waals surface area contributed by atoms with Crippen molar-refractivity contribution in [1.29, 1.82) is 0 Å². The summed E-state index contributed by atoms with van der Waals surface area (Å²) >= 11 is 0. The zero-order valence-corrected chi connectivity index (χ0v) is 10.5.